The molecule has 0 aliphatic carbocycles. The van der Waals surface area contributed by atoms with Gasteiger partial charge in [0.25, 0.3) is 0 Å². The molecule has 0 spiro atoms. The number of aromatic carboxylic acids is 1. The molecule has 5 heteroatoms. The van der Waals surface area contributed by atoms with Gasteiger partial charge in [0.05, 0.1) is 17.2 Å². The maximum atomic E-state index is 10.3. The molecule has 1 aromatic heterocycles. The number of carbonyl (C=O) groups is 1. The first-order valence-corrected chi connectivity index (χ1v) is 3.77. The number of aryl methyl sites for hydroxylation is 1. The Morgan fingerprint density at radius 1 is 1.73 bits per heavy atom. The van der Waals surface area contributed by atoms with E-state index in [-0.39, 0.29) is 11.6 Å². The second-order valence-electron chi connectivity index (χ2n) is 1.99. The summed E-state index contributed by atoms with van der Waals surface area (Å²) in [6, 6.07) is 0. The summed E-state index contributed by atoms with van der Waals surface area (Å²) in [5.41, 5.74) is 0.593. The quantitative estimate of drug-likeness (QED) is 0.688. The molecule has 0 aromatic carbocycles. The molecule has 0 bridgehead atoms. The lowest BCUT2D eigenvalue weighted by Gasteiger charge is -1.85. The van der Waals surface area contributed by atoms with E-state index in [0.29, 0.717) is 10.6 Å². The van der Waals surface area contributed by atoms with Gasteiger partial charge in [-0.3, -0.25) is 0 Å². The second kappa shape index (κ2) is 2.98. The maximum absolute atomic E-state index is 10.3. The number of rotatable bonds is 2. The predicted octanol–water partition coefficient (Wildman–Crippen LogP) is 0.642. The first-order valence-electron chi connectivity index (χ1n) is 2.95. The van der Waals surface area contributed by atoms with Gasteiger partial charge >= 0.3 is 5.97 Å². The highest BCUT2D eigenvalue weighted by molar-refractivity contribution is 7.13. The minimum Gasteiger partial charge on any atom is -0.476 e. The van der Waals surface area contributed by atoms with Gasteiger partial charge in [0, 0.05) is 0 Å². The number of hydrogen-bond acceptors (Lipinski definition) is 4. The number of hydrogen-bond donors (Lipinski definition) is 2. The summed E-state index contributed by atoms with van der Waals surface area (Å²) >= 11 is 1.01. The molecular weight excluding hydrogens is 166 g/mol. The molecule has 11 heavy (non-hydrogen) atoms. The van der Waals surface area contributed by atoms with E-state index in [1.807, 2.05) is 0 Å². The van der Waals surface area contributed by atoms with Crippen LogP contribution in [0.1, 0.15) is 20.4 Å². The molecule has 2 N–H and O–H groups in total. The Kier molecular flexibility index (Phi) is 2.21. The lowest BCUT2D eigenvalue weighted by atomic mass is 10.4. The van der Waals surface area contributed by atoms with E-state index in [2.05, 4.69) is 4.98 Å². The zero-order valence-corrected chi connectivity index (χ0v) is 6.68. The maximum Gasteiger partial charge on any atom is 0.365 e. The first-order chi connectivity index (χ1) is 5.15. The summed E-state index contributed by atoms with van der Waals surface area (Å²) in [6.07, 6.45) is 0. The van der Waals surface area contributed by atoms with Gasteiger partial charge in [-0.15, -0.1) is 11.3 Å². The van der Waals surface area contributed by atoms with Crippen LogP contribution in [0.2, 0.25) is 0 Å². The van der Waals surface area contributed by atoms with E-state index in [1.165, 1.54) is 0 Å². The molecule has 0 saturated carbocycles. The van der Waals surface area contributed by atoms with Crippen LogP contribution in [-0.4, -0.2) is 21.2 Å². The Morgan fingerprint density at radius 3 is 2.64 bits per heavy atom. The number of aliphatic hydroxyl groups is 1. The van der Waals surface area contributed by atoms with Gasteiger partial charge in [0.2, 0.25) is 5.01 Å². The summed E-state index contributed by atoms with van der Waals surface area (Å²) in [7, 11) is 0. The van der Waals surface area contributed by atoms with Gasteiger partial charge in [-0.1, -0.05) is 0 Å². The van der Waals surface area contributed by atoms with Crippen LogP contribution >= 0.6 is 11.3 Å². The molecule has 0 atom stereocenters. The smallest absolute Gasteiger partial charge is 0.365 e. The fourth-order valence-corrected chi connectivity index (χ4v) is 1.43. The largest absolute Gasteiger partial charge is 0.476 e. The third kappa shape index (κ3) is 1.55. The third-order valence-electron chi connectivity index (χ3n) is 1.22. The van der Waals surface area contributed by atoms with Gasteiger partial charge in [0.15, 0.2) is 0 Å². The molecule has 1 heterocycles. The van der Waals surface area contributed by atoms with Gasteiger partial charge < -0.3 is 10.2 Å². The molecule has 1 rings (SSSR count). The summed E-state index contributed by atoms with van der Waals surface area (Å²) in [6.45, 7) is 1.53. The van der Waals surface area contributed by atoms with Crippen LogP contribution in [0.25, 0.3) is 0 Å². The number of carboxylic acid groups (broad SMARTS) is 1. The molecule has 60 valence electrons. The standard InChI is InChI=1S/C6H7NO3S/c1-3-4(2-8)11-5(7-3)6(9)10/h8H,2H2,1H3,(H,9,10). The van der Waals surface area contributed by atoms with Crippen molar-refractivity contribution in [3.63, 3.8) is 0 Å². The van der Waals surface area contributed by atoms with Crippen LogP contribution in [0, 0.1) is 6.92 Å². The number of aliphatic hydroxyl groups excluding tert-OH is 1. The minimum atomic E-state index is -1.04. The van der Waals surface area contributed by atoms with Crippen LogP contribution in [0.4, 0.5) is 0 Å². The molecular formula is C6H7NO3S. The Bertz CT molecular complexity index is 281. The Hall–Kier alpha value is -0.940. The molecule has 0 unspecified atom stereocenters. The molecule has 1 aromatic rings. The monoisotopic (exact) mass is 173 g/mol. The van der Waals surface area contributed by atoms with E-state index in [1.54, 1.807) is 6.92 Å². The molecule has 4 nitrogen and oxygen atoms in total. The third-order valence-corrected chi connectivity index (χ3v) is 2.35. The Balaban J connectivity index is 3.05. The molecule has 0 aliphatic rings. The van der Waals surface area contributed by atoms with Crippen LogP contribution in [0.3, 0.4) is 0 Å². The topological polar surface area (TPSA) is 70.4 Å². The van der Waals surface area contributed by atoms with Crippen LogP contribution in [0.15, 0.2) is 0 Å². The summed E-state index contributed by atoms with van der Waals surface area (Å²) in [5.74, 6) is -1.04. The van der Waals surface area contributed by atoms with Gasteiger partial charge in [-0.05, 0) is 6.92 Å². The zero-order chi connectivity index (χ0) is 8.43. The van der Waals surface area contributed by atoms with Crippen LogP contribution in [0.5, 0.6) is 0 Å². The first kappa shape index (κ1) is 8.16. The molecule has 0 aliphatic heterocycles. The van der Waals surface area contributed by atoms with Crippen molar-refractivity contribution in [1.82, 2.24) is 4.98 Å². The van der Waals surface area contributed by atoms with Crippen LogP contribution in [-0.2, 0) is 6.61 Å². The van der Waals surface area contributed by atoms with Crippen molar-refractivity contribution in [3.05, 3.63) is 15.6 Å². The van der Waals surface area contributed by atoms with E-state index in [0.717, 1.165) is 11.3 Å². The normalized spacial score (nSPS) is 10.0. The van der Waals surface area contributed by atoms with Gasteiger partial charge in [0.1, 0.15) is 0 Å². The van der Waals surface area contributed by atoms with Crippen molar-refractivity contribution in [2.75, 3.05) is 0 Å². The number of aromatic nitrogens is 1. The van der Waals surface area contributed by atoms with Gasteiger partial charge in [-0.25, -0.2) is 9.78 Å². The van der Waals surface area contributed by atoms with E-state index in [9.17, 15) is 4.79 Å². The van der Waals surface area contributed by atoms with Crippen molar-refractivity contribution in [2.45, 2.75) is 13.5 Å². The highest BCUT2D eigenvalue weighted by atomic mass is 32.1. The molecule has 0 amide bonds. The molecule has 0 saturated heterocycles. The second-order valence-corrected chi connectivity index (χ2v) is 3.07. The lowest BCUT2D eigenvalue weighted by molar-refractivity contribution is 0.0696. The van der Waals surface area contributed by atoms with Crippen molar-refractivity contribution in [3.8, 4) is 0 Å². The van der Waals surface area contributed by atoms with E-state index in [4.69, 9.17) is 10.2 Å². The summed E-state index contributed by atoms with van der Waals surface area (Å²) < 4.78 is 0. The highest BCUT2D eigenvalue weighted by Crippen LogP contribution is 2.17. The minimum absolute atomic E-state index is 0.0338. The van der Waals surface area contributed by atoms with E-state index < -0.39 is 5.97 Å². The van der Waals surface area contributed by atoms with Gasteiger partial charge in [-0.2, -0.15) is 0 Å². The number of thiazole rings is 1. The SMILES string of the molecule is Cc1nc(C(=O)O)sc1CO. The van der Waals surface area contributed by atoms with Crippen molar-refractivity contribution >= 4 is 17.3 Å². The Morgan fingerprint density at radius 2 is 2.36 bits per heavy atom. The average molecular weight is 173 g/mol. The van der Waals surface area contributed by atoms with Crippen LogP contribution < -0.4 is 0 Å². The number of carboxylic acids is 1. The fourth-order valence-electron chi connectivity index (χ4n) is 0.666. The van der Waals surface area contributed by atoms with Crippen molar-refractivity contribution in [1.29, 1.82) is 0 Å². The number of nitrogens with zero attached hydrogens (tertiary/aromatic N) is 1. The van der Waals surface area contributed by atoms with Crippen molar-refractivity contribution < 1.29 is 15.0 Å². The molecule has 0 fully saturated rings. The fraction of sp³-hybridized carbons (Fsp3) is 0.333. The lowest BCUT2D eigenvalue weighted by Crippen LogP contribution is -1.93. The summed E-state index contributed by atoms with van der Waals surface area (Å²) in [5, 5.41) is 17.2. The average Bonchev–Trinajstić information content (AvgIpc) is 2.31. The summed E-state index contributed by atoms with van der Waals surface area (Å²) in [4.78, 5) is 14.7. The molecule has 0 radical (unpaired) electrons. The van der Waals surface area contributed by atoms with Crippen molar-refractivity contribution in [2.24, 2.45) is 0 Å². The zero-order valence-electron chi connectivity index (χ0n) is 5.87. The predicted molar refractivity (Wildman–Crippen MR) is 39.7 cm³/mol. The van der Waals surface area contributed by atoms with E-state index >= 15 is 0 Å². The highest BCUT2D eigenvalue weighted by Gasteiger charge is 2.11. The Labute approximate surface area is 67.1 Å².